The van der Waals surface area contributed by atoms with E-state index in [4.69, 9.17) is 5.11 Å². The number of aliphatic hydroxyl groups excluding tert-OH is 1. The number of aliphatic hydroxyl groups is 1. The zero-order valence-electron chi connectivity index (χ0n) is 10.1. The highest BCUT2D eigenvalue weighted by Gasteiger charge is 2.09. The van der Waals surface area contributed by atoms with Crippen LogP contribution >= 0.6 is 0 Å². The van der Waals surface area contributed by atoms with Crippen LogP contribution in [0.25, 0.3) is 5.69 Å². The molecule has 0 radical (unpaired) electrons. The van der Waals surface area contributed by atoms with Crippen LogP contribution in [0.3, 0.4) is 0 Å². The lowest BCUT2D eigenvalue weighted by Crippen LogP contribution is -2.30. The molecule has 1 aromatic carbocycles. The van der Waals surface area contributed by atoms with Crippen LogP contribution in [0.15, 0.2) is 42.7 Å². The third-order valence-corrected chi connectivity index (χ3v) is 2.42. The molecular formula is C13H15N3O2. The van der Waals surface area contributed by atoms with Crippen molar-refractivity contribution in [2.75, 3.05) is 6.54 Å². The molecule has 0 bridgehead atoms. The number of benzene rings is 1. The van der Waals surface area contributed by atoms with Gasteiger partial charge in [-0.05, 0) is 19.1 Å². The van der Waals surface area contributed by atoms with E-state index < -0.39 is 6.10 Å². The van der Waals surface area contributed by atoms with Gasteiger partial charge in [0.2, 0.25) is 0 Å². The van der Waals surface area contributed by atoms with Gasteiger partial charge in [0.1, 0.15) is 0 Å². The molecule has 0 saturated carbocycles. The Kier molecular flexibility index (Phi) is 3.74. The summed E-state index contributed by atoms with van der Waals surface area (Å²) in [6, 6.07) is 9.55. The van der Waals surface area contributed by atoms with Crippen molar-refractivity contribution in [1.82, 2.24) is 15.1 Å². The first-order valence-electron chi connectivity index (χ1n) is 5.73. The minimum Gasteiger partial charge on any atom is -0.392 e. The Bertz CT molecular complexity index is 520. The molecule has 0 spiro atoms. The van der Waals surface area contributed by atoms with E-state index in [0.717, 1.165) is 5.69 Å². The maximum atomic E-state index is 11.7. The van der Waals surface area contributed by atoms with Gasteiger partial charge in [-0.1, -0.05) is 18.2 Å². The molecule has 1 aromatic heterocycles. The van der Waals surface area contributed by atoms with Crippen LogP contribution in [-0.2, 0) is 0 Å². The number of nitrogens with one attached hydrogen (secondary N) is 1. The molecule has 18 heavy (non-hydrogen) atoms. The molecule has 5 heteroatoms. The van der Waals surface area contributed by atoms with E-state index in [1.54, 1.807) is 17.8 Å². The van der Waals surface area contributed by atoms with Gasteiger partial charge in [-0.3, -0.25) is 4.79 Å². The quantitative estimate of drug-likeness (QED) is 0.844. The second kappa shape index (κ2) is 5.46. The standard InChI is InChI=1S/C13H15N3O2/c1-10(17)7-14-13(18)11-8-15-16(9-11)12-5-3-2-4-6-12/h2-6,8-10,17H,7H2,1H3,(H,14,18). The number of hydrogen-bond acceptors (Lipinski definition) is 3. The van der Waals surface area contributed by atoms with Gasteiger partial charge >= 0.3 is 0 Å². The maximum Gasteiger partial charge on any atom is 0.254 e. The molecule has 1 heterocycles. The molecular weight excluding hydrogens is 230 g/mol. The van der Waals surface area contributed by atoms with E-state index in [0.29, 0.717) is 5.56 Å². The van der Waals surface area contributed by atoms with Gasteiger partial charge in [-0.15, -0.1) is 0 Å². The average Bonchev–Trinajstić information content (AvgIpc) is 2.86. The molecule has 2 aromatic rings. The van der Waals surface area contributed by atoms with Crippen LogP contribution in [0, 0.1) is 0 Å². The van der Waals surface area contributed by atoms with Crippen LogP contribution in [0.4, 0.5) is 0 Å². The minimum absolute atomic E-state index is 0.231. The van der Waals surface area contributed by atoms with E-state index in [1.807, 2.05) is 30.3 Å². The second-order valence-corrected chi connectivity index (χ2v) is 4.07. The largest absolute Gasteiger partial charge is 0.392 e. The molecule has 0 aliphatic carbocycles. The van der Waals surface area contributed by atoms with Crippen molar-refractivity contribution < 1.29 is 9.90 Å². The van der Waals surface area contributed by atoms with Crippen LogP contribution < -0.4 is 5.32 Å². The van der Waals surface area contributed by atoms with Crippen molar-refractivity contribution in [3.63, 3.8) is 0 Å². The molecule has 1 amide bonds. The van der Waals surface area contributed by atoms with E-state index in [1.165, 1.54) is 6.20 Å². The van der Waals surface area contributed by atoms with Gasteiger partial charge < -0.3 is 10.4 Å². The van der Waals surface area contributed by atoms with Crippen molar-refractivity contribution in [2.45, 2.75) is 13.0 Å². The SMILES string of the molecule is CC(O)CNC(=O)c1cnn(-c2ccccc2)c1. The smallest absolute Gasteiger partial charge is 0.254 e. The fourth-order valence-electron chi connectivity index (χ4n) is 1.50. The molecule has 1 unspecified atom stereocenters. The number of carbonyl (C=O) groups is 1. The Balaban J connectivity index is 2.09. The Labute approximate surface area is 105 Å². The monoisotopic (exact) mass is 245 g/mol. The van der Waals surface area contributed by atoms with Gasteiger partial charge in [0, 0.05) is 12.7 Å². The summed E-state index contributed by atoms with van der Waals surface area (Å²) in [6.45, 7) is 1.85. The van der Waals surface area contributed by atoms with Crippen molar-refractivity contribution in [2.24, 2.45) is 0 Å². The van der Waals surface area contributed by atoms with Gasteiger partial charge in [0.25, 0.3) is 5.91 Å². The Hall–Kier alpha value is -2.14. The molecule has 0 aliphatic heterocycles. The summed E-state index contributed by atoms with van der Waals surface area (Å²) in [5.74, 6) is -0.238. The van der Waals surface area contributed by atoms with Crippen molar-refractivity contribution >= 4 is 5.91 Å². The van der Waals surface area contributed by atoms with Crippen LogP contribution in [0.5, 0.6) is 0 Å². The number of amides is 1. The fourth-order valence-corrected chi connectivity index (χ4v) is 1.50. The molecule has 0 saturated heterocycles. The number of rotatable bonds is 4. The van der Waals surface area contributed by atoms with Crippen molar-refractivity contribution in [3.05, 3.63) is 48.3 Å². The van der Waals surface area contributed by atoms with E-state index in [-0.39, 0.29) is 12.5 Å². The number of nitrogens with zero attached hydrogens (tertiary/aromatic N) is 2. The molecule has 2 N–H and O–H groups in total. The van der Waals surface area contributed by atoms with Gasteiger partial charge in [-0.25, -0.2) is 4.68 Å². The summed E-state index contributed by atoms with van der Waals surface area (Å²) < 4.78 is 1.64. The van der Waals surface area contributed by atoms with Crippen LogP contribution in [0.2, 0.25) is 0 Å². The normalized spacial score (nSPS) is 12.1. The Morgan fingerprint density at radius 3 is 2.83 bits per heavy atom. The fraction of sp³-hybridized carbons (Fsp3) is 0.231. The highest BCUT2D eigenvalue weighted by Crippen LogP contribution is 2.07. The molecule has 5 nitrogen and oxygen atoms in total. The topological polar surface area (TPSA) is 67.2 Å². The third kappa shape index (κ3) is 2.95. The lowest BCUT2D eigenvalue weighted by Gasteiger charge is -2.05. The highest BCUT2D eigenvalue weighted by molar-refractivity contribution is 5.93. The summed E-state index contributed by atoms with van der Waals surface area (Å²) in [5, 5.41) is 15.8. The second-order valence-electron chi connectivity index (χ2n) is 4.07. The Morgan fingerprint density at radius 1 is 1.44 bits per heavy atom. The van der Waals surface area contributed by atoms with Gasteiger partial charge in [0.05, 0.1) is 23.6 Å². The molecule has 0 aliphatic rings. The molecule has 2 rings (SSSR count). The minimum atomic E-state index is -0.557. The van der Waals surface area contributed by atoms with Gasteiger partial charge in [-0.2, -0.15) is 5.10 Å². The first kappa shape index (κ1) is 12.3. The van der Waals surface area contributed by atoms with Crippen molar-refractivity contribution in [1.29, 1.82) is 0 Å². The number of aromatic nitrogens is 2. The average molecular weight is 245 g/mol. The first-order valence-corrected chi connectivity index (χ1v) is 5.73. The predicted octanol–water partition coefficient (Wildman–Crippen LogP) is 0.983. The van der Waals surface area contributed by atoms with E-state index >= 15 is 0 Å². The lowest BCUT2D eigenvalue weighted by atomic mass is 10.3. The predicted molar refractivity (Wildman–Crippen MR) is 67.6 cm³/mol. The highest BCUT2D eigenvalue weighted by atomic mass is 16.3. The molecule has 94 valence electrons. The Morgan fingerprint density at radius 2 is 2.17 bits per heavy atom. The number of carbonyl (C=O) groups excluding carboxylic acids is 1. The van der Waals surface area contributed by atoms with E-state index in [2.05, 4.69) is 10.4 Å². The van der Waals surface area contributed by atoms with Crippen molar-refractivity contribution in [3.8, 4) is 5.69 Å². The van der Waals surface area contributed by atoms with E-state index in [9.17, 15) is 4.79 Å². The summed E-state index contributed by atoms with van der Waals surface area (Å²) in [7, 11) is 0. The first-order chi connectivity index (χ1) is 8.66. The third-order valence-electron chi connectivity index (χ3n) is 2.42. The molecule has 0 fully saturated rings. The summed E-state index contributed by atoms with van der Waals surface area (Å²) >= 11 is 0. The summed E-state index contributed by atoms with van der Waals surface area (Å²) in [5.41, 5.74) is 1.37. The summed E-state index contributed by atoms with van der Waals surface area (Å²) in [6.07, 6.45) is 2.61. The zero-order chi connectivity index (χ0) is 13.0. The number of hydrogen-bond donors (Lipinski definition) is 2. The van der Waals surface area contributed by atoms with Crippen LogP contribution in [0.1, 0.15) is 17.3 Å². The lowest BCUT2D eigenvalue weighted by molar-refractivity contribution is 0.0924. The maximum absolute atomic E-state index is 11.7. The van der Waals surface area contributed by atoms with Crippen LogP contribution in [-0.4, -0.2) is 33.4 Å². The summed E-state index contributed by atoms with van der Waals surface area (Å²) in [4.78, 5) is 11.7. The number of para-hydroxylation sites is 1. The molecule has 1 atom stereocenters. The van der Waals surface area contributed by atoms with Gasteiger partial charge in [0.15, 0.2) is 0 Å². The zero-order valence-corrected chi connectivity index (χ0v) is 10.1.